The van der Waals surface area contributed by atoms with Crippen molar-refractivity contribution < 1.29 is 13.2 Å². The zero-order valence-corrected chi connectivity index (χ0v) is 11.2. The summed E-state index contributed by atoms with van der Waals surface area (Å²) < 4.78 is 36.4. The van der Waals surface area contributed by atoms with E-state index in [1.54, 1.807) is 0 Å². The second kappa shape index (κ2) is 5.98. The molecule has 0 radical (unpaired) electrons. The third kappa shape index (κ3) is 6.19. The second-order valence-corrected chi connectivity index (χ2v) is 5.90. The van der Waals surface area contributed by atoms with Crippen molar-refractivity contribution in [2.75, 3.05) is 5.75 Å². The topological polar surface area (TPSA) is 24.4 Å². The lowest BCUT2D eigenvalue weighted by molar-refractivity contribution is -0.138. The maximum Gasteiger partial charge on any atom is 0.391 e. The highest BCUT2D eigenvalue weighted by atomic mass is 32.2. The molecule has 1 rings (SSSR count). The van der Waals surface area contributed by atoms with Gasteiger partial charge in [0.25, 0.3) is 0 Å². The molecule has 2 atom stereocenters. The van der Waals surface area contributed by atoms with Gasteiger partial charge in [0, 0.05) is 11.8 Å². The molecule has 1 heterocycles. The Balaban J connectivity index is 2.37. The molecule has 0 fully saturated rings. The lowest BCUT2D eigenvalue weighted by Crippen LogP contribution is -2.33. The van der Waals surface area contributed by atoms with E-state index in [1.807, 2.05) is 0 Å². The van der Waals surface area contributed by atoms with Crippen LogP contribution in [-0.4, -0.2) is 29.2 Å². The van der Waals surface area contributed by atoms with E-state index in [0.29, 0.717) is 11.1 Å². The number of hydrogen-bond donors (Lipinski definition) is 1. The first kappa shape index (κ1) is 14.7. The normalized spacial score (nSPS) is 22.8. The molecule has 1 N–H and O–H groups in total. The minimum Gasteiger partial charge on any atom is -0.362 e. The van der Waals surface area contributed by atoms with Crippen LogP contribution in [0.3, 0.4) is 0 Å². The number of rotatable bonds is 4. The van der Waals surface area contributed by atoms with Crippen molar-refractivity contribution in [3.63, 3.8) is 0 Å². The number of nitrogens with one attached hydrogen (secondary N) is 1. The lowest BCUT2D eigenvalue weighted by Gasteiger charge is -2.16. The summed E-state index contributed by atoms with van der Waals surface area (Å²) in [6, 6.07) is -0.361. The molecule has 6 heteroatoms. The molecule has 0 spiro atoms. The highest BCUT2D eigenvalue weighted by molar-refractivity contribution is 8.14. The average Bonchev–Trinajstić information content (AvgIpc) is 2.46. The zero-order valence-electron chi connectivity index (χ0n) is 10.3. The summed E-state index contributed by atoms with van der Waals surface area (Å²) in [6.07, 6.45) is -3.94. The third-order valence-electron chi connectivity index (χ3n) is 2.36. The number of alkyl halides is 3. The molecule has 0 aliphatic carbocycles. The number of nitrogens with zero attached hydrogens (tertiary/aromatic N) is 1. The molecule has 0 saturated heterocycles. The average molecular weight is 268 g/mol. The predicted molar refractivity (Wildman–Crippen MR) is 66.4 cm³/mol. The van der Waals surface area contributed by atoms with Crippen molar-refractivity contribution in [1.82, 2.24) is 5.32 Å². The molecule has 0 aromatic heterocycles. The van der Waals surface area contributed by atoms with Crippen molar-refractivity contribution in [3.8, 4) is 0 Å². The van der Waals surface area contributed by atoms with Gasteiger partial charge in [-0.15, -0.1) is 0 Å². The maximum atomic E-state index is 12.1. The summed E-state index contributed by atoms with van der Waals surface area (Å²) >= 11 is 1.52. The van der Waals surface area contributed by atoms with Gasteiger partial charge in [-0.25, -0.2) is 0 Å². The van der Waals surface area contributed by atoms with Gasteiger partial charge in [-0.3, -0.25) is 4.99 Å². The van der Waals surface area contributed by atoms with Gasteiger partial charge in [-0.2, -0.15) is 13.2 Å². The summed E-state index contributed by atoms with van der Waals surface area (Å²) in [7, 11) is 0. The van der Waals surface area contributed by atoms with Crippen LogP contribution in [0.25, 0.3) is 0 Å². The van der Waals surface area contributed by atoms with Crippen LogP contribution in [-0.2, 0) is 0 Å². The van der Waals surface area contributed by atoms with Gasteiger partial charge in [0.1, 0.15) is 0 Å². The Labute approximate surface area is 104 Å². The van der Waals surface area contributed by atoms with Crippen molar-refractivity contribution in [2.24, 2.45) is 10.9 Å². The van der Waals surface area contributed by atoms with Gasteiger partial charge < -0.3 is 5.32 Å². The van der Waals surface area contributed by atoms with E-state index < -0.39 is 18.6 Å². The van der Waals surface area contributed by atoms with E-state index in [0.717, 1.165) is 12.2 Å². The lowest BCUT2D eigenvalue weighted by atomic mass is 10.1. The Kier molecular flexibility index (Phi) is 5.16. The molecule has 0 bridgehead atoms. The van der Waals surface area contributed by atoms with Crippen LogP contribution in [0, 0.1) is 5.92 Å². The summed E-state index contributed by atoms with van der Waals surface area (Å²) in [6.45, 7) is 5.78. The number of hydrogen-bond acceptors (Lipinski definition) is 3. The highest BCUT2D eigenvalue weighted by Crippen LogP contribution is 2.24. The Morgan fingerprint density at radius 1 is 1.41 bits per heavy atom. The maximum absolute atomic E-state index is 12.1. The van der Waals surface area contributed by atoms with E-state index >= 15 is 0 Å². The molecular formula is C11H19F3N2S. The first-order valence-electron chi connectivity index (χ1n) is 5.80. The highest BCUT2D eigenvalue weighted by Gasteiger charge is 2.31. The van der Waals surface area contributed by atoms with E-state index in [-0.39, 0.29) is 6.04 Å². The fourth-order valence-electron chi connectivity index (χ4n) is 1.77. The fraction of sp³-hybridized carbons (Fsp3) is 0.909. The smallest absolute Gasteiger partial charge is 0.362 e. The molecule has 1 aliphatic rings. The molecule has 100 valence electrons. The summed E-state index contributed by atoms with van der Waals surface area (Å²) in [5.74, 6) is 1.44. The predicted octanol–water partition coefficient (Wildman–Crippen LogP) is 3.43. The van der Waals surface area contributed by atoms with Gasteiger partial charge in [-0.1, -0.05) is 25.6 Å². The molecule has 1 aliphatic heterocycles. The van der Waals surface area contributed by atoms with Crippen LogP contribution in [0.5, 0.6) is 0 Å². The monoisotopic (exact) mass is 268 g/mol. The molecule has 0 aromatic rings. The van der Waals surface area contributed by atoms with E-state index in [1.165, 1.54) is 18.7 Å². The van der Waals surface area contributed by atoms with Crippen molar-refractivity contribution in [1.29, 1.82) is 0 Å². The molecular weight excluding hydrogens is 249 g/mol. The molecule has 2 unspecified atom stereocenters. The third-order valence-corrected chi connectivity index (χ3v) is 3.41. The molecule has 0 aromatic carbocycles. The van der Waals surface area contributed by atoms with E-state index in [2.05, 4.69) is 24.2 Å². The second-order valence-electron chi connectivity index (χ2n) is 4.89. The molecule has 0 amide bonds. The summed E-state index contributed by atoms with van der Waals surface area (Å²) in [5, 5.41) is 3.49. The van der Waals surface area contributed by atoms with E-state index in [4.69, 9.17) is 0 Å². The van der Waals surface area contributed by atoms with Gasteiger partial charge in [0.15, 0.2) is 5.17 Å². The first-order valence-corrected chi connectivity index (χ1v) is 6.78. The largest absolute Gasteiger partial charge is 0.391 e. The quantitative estimate of drug-likeness (QED) is 0.844. The Bertz CT molecular complexity index is 276. The Hall–Kier alpha value is -0.390. The zero-order chi connectivity index (χ0) is 13.1. The standard InChI is InChI=1S/C11H19F3N2S/c1-7(2)4-9-6-17-10(16-9)15-8(3)5-11(12,13)14/h7-9H,4-6H2,1-3H3,(H,15,16). The Morgan fingerprint density at radius 2 is 2.06 bits per heavy atom. The van der Waals surface area contributed by atoms with Crippen molar-refractivity contribution in [2.45, 2.75) is 51.9 Å². The SMILES string of the molecule is CC(C)CC1CSC(NC(C)CC(F)(F)F)=N1. The van der Waals surface area contributed by atoms with E-state index in [9.17, 15) is 13.2 Å². The van der Waals surface area contributed by atoms with Crippen molar-refractivity contribution >= 4 is 16.9 Å². The van der Waals surface area contributed by atoms with Crippen LogP contribution in [0.4, 0.5) is 13.2 Å². The molecule has 17 heavy (non-hydrogen) atoms. The van der Waals surface area contributed by atoms with Gasteiger partial charge in [0.2, 0.25) is 0 Å². The number of thioether (sulfide) groups is 1. The van der Waals surface area contributed by atoms with Crippen molar-refractivity contribution in [3.05, 3.63) is 0 Å². The first-order chi connectivity index (χ1) is 7.76. The van der Waals surface area contributed by atoms with Gasteiger partial charge >= 0.3 is 6.18 Å². The summed E-state index contributed by atoms with van der Waals surface area (Å²) in [5.41, 5.74) is 0. The van der Waals surface area contributed by atoms with Crippen LogP contribution in [0.15, 0.2) is 4.99 Å². The minimum atomic E-state index is -4.12. The van der Waals surface area contributed by atoms with Crippen LogP contribution in [0.2, 0.25) is 0 Å². The van der Waals surface area contributed by atoms with Crippen LogP contribution < -0.4 is 5.32 Å². The minimum absolute atomic E-state index is 0.251. The summed E-state index contributed by atoms with van der Waals surface area (Å²) in [4.78, 5) is 4.40. The number of halogens is 3. The van der Waals surface area contributed by atoms with Crippen LogP contribution >= 0.6 is 11.8 Å². The van der Waals surface area contributed by atoms with Gasteiger partial charge in [-0.05, 0) is 19.3 Å². The number of amidine groups is 1. The van der Waals surface area contributed by atoms with Crippen LogP contribution in [0.1, 0.15) is 33.6 Å². The van der Waals surface area contributed by atoms with Gasteiger partial charge in [0.05, 0.1) is 12.5 Å². The molecule has 0 saturated carbocycles. The Morgan fingerprint density at radius 3 is 2.59 bits per heavy atom. The molecule has 2 nitrogen and oxygen atoms in total. The number of aliphatic imine (C=N–C) groups is 1. The fourth-order valence-corrected chi connectivity index (χ4v) is 2.84.